The predicted molar refractivity (Wildman–Crippen MR) is 111 cm³/mol. The van der Waals surface area contributed by atoms with Crippen LogP contribution < -0.4 is 10.6 Å². The Morgan fingerprint density at radius 2 is 1.69 bits per heavy atom. The van der Waals surface area contributed by atoms with Crippen LogP contribution >= 0.6 is 11.3 Å². The summed E-state index contributed by atoms with van der Waals surface area (Å²) in [7, 11) is 0. The average molecular weight is 416 g/mol. The zero-order chi connectivity index (χ0) is 21.4. The Kier molecular flexibility index (Phi) is 8.09. The minimum Gasteiger partial charge on any atom is -0.456 e. The summed E-state index contributed by atoms with van der Waals surface area (Å²) >= 11 is 1.31. The third-order valence-electron chi connectivity index (χ3n) is 4.10. The summed E-state index contributed by atoms with van der Waals surface area (Å²) < 4.78 is 4.84. The van der Waals surface area contributed by atoms with Gasteiger partial charge in [0.25, 0.3) is 5.91 Å². The second-order valence-corrected chi connectivity index (χ2v) is 7.61. The number of ether oxygens (including phenoxy) is 1. The normalized spacial score (nSPS) is 10.3. The van der Waals surface area contributed by atoms with Gasteiger partial charge in [-0.25, -0.2) is 0 Å². The van der Waals surface area contributed by atoms with Crippen LogP contribution in [0.5, 0.6) is 0 Å². The van der Waals surface area contributed by atoms with Gasteiger partial charge in [-0.3, -0.25) is 19.2 Å². The van der Waals surface area contributed by atoms with Crippen LogP contribution in [0.3, 0.4) is 0 Å². The fraction of sp³-hybridized carbons (Fsp3) is 0.333. The van der Waals surface area contributed by atoms with Crippen LogP contribution in [0.15, 0.2) is 29.6 Å². The first kappa shape index (κ1) is 22.3. The molecule has 2 amide bonds. The summed E-state index contributed by atoms with van der Waals surface area (Å²) in [5.74, 6) is -1.74. The molecule has 7 nitrogen and oxygen atoms in total. The Balaban J connectivity index is 1.68. The molecule has 2 N–H and O–H groups in total. The monoisotopic (exact) mass is 416 g/mol. The zero-order valence-corrected chi connectivity index (χ0v) is 17.5. The van der Waals surface area contributed by atoms with E-state index in [0.29, 0.717) is 4.88 Å². The molecule has 2 rings (SSSR count). The summed E-state index contributed by atoms with van der Waals surface area (Å²) in [5.41, 5.74) is 3.70. The SMILES string of the molecule is Cc1cc(C)c(NC(=O)CNC(=O)COC(=O)CCC(=O)c2cccs2)c(C)c1. The minimum absolute atomic E-state index is 0.0264. The quantitative estimate of drug-likeness (QED) is 0.483. The summed E-state index contributed by atoms with van der Waals surface area (Å²) in [6.07, 6.45) is -0.0743. The van der Waals surface area contributed by atoms with E-state index < -0.39 is 18.5 Å². The number of nitrogens with one attached hydrogen (secondary N) is 2. The lowest BCUT2D eigenvalue weighted by molar-refractivity contribution is -0.148. The smallest absolute Gasteiger partial charge is 0.306 e. The van der Waals surface area contributed by atoms with Crippen molar-refractivity contribution in [1.29, 1.82) is 0 Å². The van der Waals surface area contributed by atoms with Crippen LogP contribution in [-0.2, 0) is 19.1 Å². The van der Waals surface area contributed by atoms with Gasteiger partial charge in [-0.15, -0.1) is 11.3 Å². The molecule has 154 valence electrons. The second-order valence-electron chi connectivity index (χ2n) is 6.66. The van der Waals surface area contributed by atoms with Crippen LogP contribution in [0.2, 0.25) is 0 Å². The number of Topliss-reactive ketones (excluding diaryl/α,β-unsaturated/α-hetero) is 1. The van der Waals surface area contributed by atoms with Crippen molar-refractivity contribution in [2.45, 2.75) is 33.6 Å². The first-order valence-corrected chi connectivity index (χ1v) is 10.0. The lowest BCUT2D eigenvalue weighted by Gasteiger charge is -2.13. The number of anilines is 1. The highest BCUT2D eigenvalue weighted by atomic mass is 32.1. The Hall–Kier alpha value is -3.00. The standard InChI is InChI=1S/C21H24N2O5S/c1-13-9-14(2)21(15(3)10-13)23-18(25)11-22-19(26)12-28-20(27)7-6-16(24)17-5-4-8-29-17/h4-5,8-10H,6-7,11-12H2,1-3H3,(H,22,26)(H,23,25). The molecule has 0 saturated heterocycles. The number of benzene rings is 1. The van der Waals surface area contributed by atoms with E-state index in [4.69, 9.17) is 4.74 Å². The summed E-state index contributed by atoms with van der Waals surface area (Å²) in [6.45, 7) is 5.04. The van der Waals surface area contributed by atoms with E-state index in [1.807, 2.05) is 32.9 Å². The number of ketones is 1. The molecule has 0 bridgehead atoms. The van der Waals surface area contributed by atoms with Crippen LogP contribution in [0, 0.1) is 20.8 Å². The molecule has 0 atom stereocenters. The molecule has 0 saturated carbocycles. The zero-order valence-electron chi connectivity index (χ0n) is 16.7. The van der Waals surface area contributed by atoms with Crippen LogP contribution in [-0.4, -0.2) is 36.7 Å². The number of hydrogen-bond acceptors (Lipinski definition) is 6. The maximum absolute atomic E-state index is 12.1. The molecule has 29 heavy (non-hydrogen) atoms. The van der Waals surface area contributed by atoms with E-state index in [9.17, 15) is 19.2 Å². The number of aryl methyl sites for hydroxylation is 3. The molecular formula is C21H24N2O5S. The number of hydrogen-bond donors (Lipinski definition) is 2. The third-order valence-corrected chi connectivity index (χ3v) is 5.01. The topological polar surface area (TPSA) is 102 Å². The van der Waals surface area contributed by atoms with Gasteiger partial charge in [0.1, 0.15) is 0 Å². The van der Waals surface area contributed by atoms with Gasteiger partial charge in [0.15, 0.2) is 12.4 Å². The lowest BCUT2D eigenvalue weighted by atomic mass is 10.1. The molecule has 0 aliphatic carbocycles. The van der Waals surface area contributed by atoms with Crippen molar-refractivity contribution in [2.75, 3.05) is 18.5 Å². The molecule has 0 aliphatic rings. The first-order valence-electron chi connectivity index (χ1n) is 9.13. The first-order chi connectivity index (χ1) is 13.8. The van der Waals surface area contributed by atoms with Crippen molar-refractivity contribution < 1.29 is 23.9 Å². The molecule has 0 radical (unpaired) electrons. The Bertz CT molecular complexity index is 883. The van der Waals surface area contributed by atoms with Crippen LogP contribution in [0.25, 0.3) is 0 Å². The van der Waals surface area contributed by atoms with Gasteiger partial charge in [-0.2, -0.15) is 0 Å². The number of rotatable bonds is 9. The van der Waals surface area contributed by atoms with Gasteiger partial charge in [0.2, 0.25) is 5.91 Å². The highest BCUT2D eigenvalue weighted by Crippen LogP contribution is 2.21. The van der Waals surface area contributed by atoms with Crippen molar-refractivity contribution in [3.8, 4) is 0 Å². The molecule has 8 heteroatoms. The van der Waals surface area contributed by atoms with Gasteiger partial charge in [-0.05, 0) is 43.3 Å². The molecule has 0 spiro atoms. The predicted octanol–water partition coefficient (Wildman–Crippen LogP) is 2.93. The van der Waals surface area contributed by atoms with Crippen molar-refractivity contribution in [1.82, 2.24) is 5.32 Å². The third kappa shape index (κ3) is 7.15. The number of carbonyl (C=O) groups excluding carboxylic acids is 4. The molecule has 0 aliphatic heterocycles. The van der Waals surface area contributed by atoms with Gasteiger partial charge < -0.3 is 15.4 Å². The van der Waals surface area contributed by atoms with Crippen molar-refractivity contribution >= 4 is 40.6 Å². The Labute approximate surface area is 173 Å². The summed E-state index contributed by atoms with van der Waals surface area (Å²) in [4.78, 5) is 47.9. The maximum Gasteiger partial charge on any atom is 0.306 e. The van der Waals surface area contributed by atoms with Gasteiger partial charge in [0.05, 0.1) is 17.8 Å². The Morgan fingerprint density at radius 1 is 1.00 bits per heavy atom. The Morgan fingerprint density at radius 3 is 2.31 bits per heavy atom. The lowest BCUT2D eigenvalue weighted by Crippen LogP contribution is -2.35. The molecule has 1 aromatic heterocycles. The molecule has 0 unspecified atom stereocenters. The molecule has 1 heterocycles. The van der Waals surface area contributed by atoms with Gasteiger partial charge in [0, 0.05) is 12.1 Å². The average Bonchev–Trinajstić information content (AvgIpc) is 3.20. The van der Waals surface area contributed by atoms with Crippen molar-refractivity contribution in [2.24, 2.45) is 0 Å². The van der Waals surface area contributed by atoms with Crippen LogP contribution in [0.4, 0.5) is 5.69 Å². The highest BCUT2D eigenvalue weighted by molar-refractivity contribution is 7.12. The molecule has 0 fully saturated rings. The number of amides is 2. The number of thiophene rings is 1. The number of carbonyl (C=O) groups is 4. The van der Waals surface area contributed by atoms with Gasteiger partial charge >= 0.3 is 5.97 Å². The summed E-state index contributed by atoms with van der Waals surface area (Å²) in [5, 5.41) is 6.96. The summed E-state index contributed by atoms with van der Waals surface area (Å²) in [6, 6.07) is 7.38. The fourth-order valence-electron chi connectivity index (χ4n) is 2.78. The van der Waals surface area contributed by atoms with E-state index in [2.05, 4.69) is 10.6 Å². The van der Waals surface area contributed by atoms with E-state index in [-0.39, 0.29) is 31.1 Å². The van der Waals surface area contributed by atoms with Crippen LogP contribution in [0.1, 0.15) is 39.2 Å². The highest BCUT2D eigenvalue weighted by Gasteiger charge is 2.14. The van der Waals surface area contributed by atoms with E-state index in [1.54, 1.807) is 17.5 Å². The number of esters is 1. The molecule has 1 aromatic carbocycles. The van der Waals surface area contributed by atoms with Crippen molar-refractivity contribution in [3.63, 3.8) is 0 Å². The molecular weight excluding hydrogens is 392 g/mol. The minimum atomic E-state index is -0.639. The largest absolute Gasteiger partial charge is 0.456 e. The van der Waals surface area contributed by atoms with Gasteiger partial charge in [-0.1, -0.05) is 23.8 Å². The van der Waals surface area contributed by atoms with E-state index >= 15 is 0 Å². The van der Waals surface area contributed by atoms with E-state index in [0.717, 1.165) is 22.4 Å². The molecule has 2 aromatic rings. The fourth-order valence-corrected chi connectivity index (χ4v) is 3.48. The van der Waals surface area contributed by atoms with Crippen molar-refractivity contribution in [3.05, 3.63) is 51.2 Å². The second kappa shape index (κ2) is 10.5. The maximum atomic E-state index is 12.1. The van der Waals surface area contributed by atoms with E-state index in [1.165, 1.54) is 11.3 Å².